The zero-order chi connectivity index (χ0) is 22.3. The molecule has 3 aromatic rings. The fraction of sp³-hybridized carbons (Fsp3) is 0.333. The average molecular weight is 444 g/mol. The Morgan fingerprint density at radius 3 is 2.52 bits per heavy atom. The molecule has 1 saturated carbocycles. The van der Waals surface area contributed by atoms with Gasteiger partial charge in [0.15, 0.2) is 11.5 Å². The van der Waals surface area contributed by atoms with E-state index >= 15 is 0 Å². The Bertz CT molecular complexity index is 1190. The number of carbonyl (C=O) groups is 1. The van der Waals surface area contributed by atoms with Crippen LogP contribution in [-0.2, 0) is 10.2 Å². The number of hydrogen-bond acceptors (Lipinski definition) is 5. The molecular formula is C27H29N3O3. The molecule has 1 aromatic heterocycles. The lowest BCUT2D eigenvalue weighted by atomic mass is 9.94. The number of amides is 1. The first-order chi connectivity index (χ1) is 16.2. The molecule has 2 aromatic carbocycles. The molecule has 0 radical (unpaired) electrons. The minimum absolute atomic E-state index is 0. The van der Waals surface area contributed by atoms with Gasteiger partial charge in [-0.2, -0.15) is 0 Å². The number of pyridine rings is 1. The zero-order valence-electron chi connectivity index (χ0n) is 18.5. The molecule has 6 rings (SSSR count). The third kappa shape index (κ3) is 3.80. The summed E-state index contributed by atoms with van der Waals surface area (Å²) in [5.41, 5.74) is 3.61. The summed E-state index contributed by atoms with van der Waals surface area (Å²) < 4.78 is 10.9. The highest BCUT2D eigenvalue weighted by molar-refractivity contribution is 6.01. The second-order valence-electron chi connectivity index (χ2n) is 9.11. The first-order valence-corrected chi connectivity index (χ1v) is 11.8. The molecule has 1 saturated heterocycles. The van der Waals surface area contributed by atoms with Gasteiger partial charge in [0.05, 0.1) is 11.1 Å². The van der Waals surface area contributed by atoms with Gasteiger partial charge in [-0.1, -0.05) is 24.3 Å². The number of nitrogens with zero attached hydrogens (tertiary/aromatic N) is 2. The van der Waals surface area contributed by atoms with Crippen molar-refractivity contribution >= 4 is 17.4 Å². The van der Waals surface area contributed by atoms with Crippen molar-refractivity contribution in [2.45, 2.75) is 37.5 Å². The van der Waals surface area contributed by atoms with E-state index in [0.29, 0.717) is 11.6 Å². The van der Waals surface area contributed by atoms with E-state index in [1.807, 2.05) is 36.4 Å². The van der Waals surface area contributed by atoms with Crippen LogP contribution in [0.3, 0.4) is 0 Å². The number of anilines is 2. The number of rotatable bonds is 5. The van der Waals surface area contributed by atoms with Gasteiger partial charge in [0.25, 0.3) is 0 Å². The highest BCUT2D eigenvalue weighted by Gasteiger charge is 2.51. The first-order valence-electron chi connectivity index (χ1n) is 11.8. The number of fused-ring (bicyclic) bond motifs is 1. The molecule has 6 heteroatoms. The van der Waals surface area contributed by atoms with Crippen molar-refractivity contribution in [3.8, 4) is 22.8 Å². The van der Waals surface area contributed by atoms with Gasteiger partial charge in [-0.25, -0.2) is 4.98 Å². The van der Waals surface area contributed by atoms with Crippen LogP contribution in [0, 0.1) is 0 Å². The third-order valence-electron chi connectivity index (χ3n) is 6.98. The second-order valence-corrected chi connectivity index (χ2v) is 9.11. The average Bonchev–Trinajstić information content (AvgIpc) is 3.56. The van der Waals surface area contributed by atoms with Gasteiger partial charge in [0.2, 0.25) is 12.7 Å². The smallest absolute Gasteiger partial charge is 0.236 e. The lowest BCUT2D eigenvalue weighted by Gasteiger charge is -2.28. The number of nitrogens with one attached hydrogen (secondary N) is 1. The maximum Gasteiger partial charge on any atom is 0.236 e. The summed E-state index contributed by atoms with van der Waals surface area (Å²) in [5, 5.41) is 3.05. The Balaban J connectivity index is 0.00000241. The Morgan fingerprint density at radius 2 is 1.73 bits per heavy atom. The summed E-state index contributed by atoms with van der Waals surface area (Å²) in [6.45, 7) is 2.49. The van der Waals surface area contributed by atoms with Crippen LogP contribution in [0.5, 0.6) is 11.5 Å². The minimum atomic E-state index is -0.519. The van der Waals surface area contributed by atoms with E-state index in [9.17, 15) is 4.79 Å². The number of carbonyl (C=O) groups excluding carboxylic acids is 1. The molecule has 0 spiro atoms. The lowest BCUT2D eigenvalue weighted by Crippen LogP contribution is -2.29. The van der Waals surface area contributed by atoms with Crippen molar-refractivity contribution in [2.75, 3.05) is 30.1 Å². The number of hydrogen-bond donors (Lipinski definition) is 1. The van der Waals surface area contributed by atoms with E-state index in [-0.39, 0.29) is 14.1 Å². The summed E-state index contributed by atoms with van der Waals surface area (Å²) in [7, 11) is 0. The number of benzene rings is 2. The molecule has 1 amide bonds. The predicted molar refractivity (Wildman–Crippen MR) is 130 cm³/mol. The topological polar surface area (TPSA) is 63.7 Å². The van der Waals surface area contributed by atoms with E-state index in [2.05, 4.69) is 34.5 Å². The summed E-state index contributed by atoms with van der Waals surface area (Å²) in [6.07, 6.45) is 5.48. The van der Waals surface area contributed by atoms with Gasteiger partial charge in [0.1, 0.15) is 5.82 Å². The normalized spacial score (nSPS) is 18.1. The van der Waals surface area contributed by atoms with Gasteiger partial charge in [0, 0.05) is 25.8 Å². The molecule has 1 N–H and O–H groups in total. The number of piperidine rings is 1. The molecule has 170 valence electrons. The van der Waals surface area contributed by atoms with E-state index in [4.69, 9.17) is 14.5 Å². The fourth-order valence-corrected chi connectivity index (χ4v) is 4.86. The molecule has 2 aliphatic heterocycles. The van der Waals surface area contributed by atoms with E-state index in [1.54, 1.807) is 0 Å². The Hall–Kier alpha value is -3.54. The summed E-state index contributed by atoms with van der Waals surface area (Å²) >= 11 is 0. The van der Waals surface area contributed by atoms with Crippen LogP contribution in [0.25, 0.3) is 11.3 Å². The van der Waals surface area contributed by atoms with E-state index in [0.717, 1.165) is 48.5 Å². The summed E-state index contributed by atoms with van der Waals surface area (Å²) in [5.74, 6) is 1.99. The van der Waals surface area contributed by atoms with Crippen LogP contribution < -0.4 is 19.7 Å². The maximum atomic E-state index is 13.2. The van der Waals surface area contributed by atoms with Crippen LogP contribution in [0.4, 0.5) is 11.5 Å². The van der Waals surface area contributed by atoms with Crippen molar-refractivity contribution in [3.05, 3.63) is 66.2 Å². The maximum absolute atomic E-state index is 13.2. The number of aromatic nitrogens is 1. The van der Waals surface area contributed by atoms with Crippen molar-refractivity contribution in [1.29, 1.82) is 0 Å². The molecule has 0 bridgehead atoms. The van der Waals surface area contributed by atoms with E-state index in [1.165, 1.54) is 24.9 Å². The monoisotopic (exact) mass is 443 g/mol. The Labute approximate surface area is 195 Å². The molecule has 0 atom stereocenters. The van der Waals surface area contributed by atoms with Crippen LogP contribution in [0.1, 0.15) is 39.1 Å². The van der Waals surface area contributed by atoms with Crippen molar-refractivity contribution in [2.24, 2.45) is 0 Å². The molecule has 6 nitrogen and oxygen atoms in total. The van der Waals surface area contributed by atoms with Crippen LogP contribution in [0.2, 0.25) is 0 Å². The predicted octanol–water partition coefficient (Wildman–Crippen LogP) is 5.38. The minimum Gasteiger partial charge on any atom is -0.454 e. The van der Waals surface area contributed by atoms with Gasteiger partial charge >= 0.3 is 0 Å². The van der Waals surface area contributed by atoms with Crippen molar-refractivity contribution < 1.29 is 15.7 Å². The van der Waals surface area contributed by atoms with Gasteiger partial charge in [-0.3, -0.25) is 4.79 Å². The van der Waals surface area contributed by atoms with Crippen molar-refractivity contribution in [1.82, 2.24) is 4.98 Å². The van der Waals surface area contributed by atoms with Crippen LogP contribution in [-0.4, -0.2) is 30.8 Å². The highest BCUT2D eigenvalue weighted by Crippen LogP contribution is 2.51. The molecule has 3 heterocycles. The van der Waals surface area contributed by atoms with Gasteiger partial charge in [-0.15, -0.1) is 0 Å². The fourth-order valence-electron chi connectivity index (χ4n) is 4.86. The van der Waals surface area contributed by atoms with E-state index < -0.39 is 5.41 Å². The van der Waals surface area contributed by atoms with Crippen LogP contribution >= 0.6 is 0 Å². The highest BCUT2D eigenvalue weighted by atomic mass is 16.7. The van der Waals surface area contributed by atoms with Crippen molar-refractivity contribution in [3.63, 3.8) is 0 Å². The second kappa shape index (κ2) is 8.10. The van der Waals surface area contributed by atoms with Gasteiger partial charge in [-0.05, 0) is 74.1 Å². The summed E-state index contributed by atoms with van der Waals surface area (Å²) in [6, 6.07) is 20.1. The quantitative estimate of drug-likeness (QED) is 0.573. The molecule has 0 unspecified atom stereocenters. The van der Waals surface area contributed by atoms with Gasteiger partial charge < -0.3 is 19.7 Å². The first kappa shape index (κ1) is 20.1. The molecule has 2 fully saturated rings. The largest absolute Gasteiger partial charge is 0.454 e. The zero-order valence-corrected chi connectivity index (χ0v) is 18.5. The molecular weight excluding hydrogens is 414 g/mol. The standard InChI is InChI=1S/C27H27N3O3.H2/c31-26(27(13-14-27)20-9-12-23-24(17-20)33-18-32-23)29-25-6-4-5-22(28-25)19-7-10-21(11-8-19)30-15-2-1-3-16-30;/h4-12,17H,1-3,13-16,18H2,(H,28,29,31);1H. The SMILES string of the molecule is O=C(Nc1cccc(-c2ccc(N3CCCCC3)cc2)n1)C1(c2ccc3c(c2)OCO3)CC1.[HH]. The number of ether oxygens (including phenoxy) is 2. The van der Waals surface area contributed by atoms with Crippen LogP contribution in [0.15, 0.2) is 60.7 Å². The molecule has 1 aliphatic carbocycles. The molecule has 3 aliphatic rings. The Morgan fingerprint density at radius 1 is 0.939 bits per heavy atom. The Kier molecular flexibility index (Phi) is 4.93. The summed E-state index contributed by atoms with van der Waals surface area (Å²) in [4.78, 5) is 20.4. The lowest BCUT2D eigenvalue weighted by molar-refractivity contribution is -0.118. The molecule has 33 heavy (non-hydrogen) atoms. The third-order valence-corrected chi connectivity index (χ3v) is 6.98.